The van der Waals surface area contributed by atoms with Gasteiger partial charge in [0.2, 0.25) is 0 Å². The molecule has 18 heavy (non-hydrogen) atoms. The van der Waals surface area contributed by atoms with Crippen molar-refractivity contribution in [2.24, 2.45) is 0 Å². The van der Waals surface area contributed by atoms with Gasteiger partial charge in [0, 0.05) is 25.1 Å². The number of rotatable bonds is 3. The van der Waals surface area contributed by atoms with Crippen molar-refractivity contribution in [3.63, 3.8) is 0 Å². The van der Waals surface area contributed by atoms with Crippen molar-refractivity contribution in [2.45, 2.75) is 18.9 Å². The monoisotopic (exact) mass is 244 g/mol. The summed E-state index contributed by atoms with van der Waals surface area (Å²) in [6.07, 6.45) is 7.14. The standard InChI is InChI=1S/C15H17FN2/c1-4-17-15-10-18(5-2)9-13(15)12-6-7-14(16)11(3)8-12/h2,4,6-8,13,15,17H,1,9-10H2,3H3. The van der Waals surface area contributed by atoms with Crippen LogP contribution in [0.15, 0.2) is 31.0 Å². The lowest BCUT2D eigenvalue weighted by atomic mass is 9.93. The minimum Gasteiger partial charge on any atom is -0.386 e. The van der Waals surface area contributed by atoms with Gasteiger partial charge in [0.25, 0.3) is 0 Å². The largest absolute Gasteiger partial charge is 0.386 e. The maximum Gasteiger partial charge on any atom is 0.126 e. The Hall–Kier alpha value is -1.95. The average molecular weight is 244 g/mol. The van der Waals surface area contributed by atoms with Gasteiger partial charge in [-0.1, -0.05) is 25.1 Å². The summed E-state index contributed by atoms with van der Waals surface area (Å²) < 4.78 is 13.3. The van der Waals surface area contributed by atoms with E-state index in [-0.39, 0.29) is 17.8 Å². The van der Waals surface area contributed by atoms with Gasteiger partial charge in [0.05, 0.1) is 6.04 Å². The van der Waals surface area contributed by atoms with E-state index in [4.69, 9.17) is 6.42 Å². The molecule has 2 atom stereocenters. The second kappa shape index (κ2) is 5.14. The number of nitrogens with zero attached hydrogens (tertiary/aromatic N) is 1. The molecule has 1 aliphatic rings. The van der Waals surface area contributed by atoms with E-state index in [0.29, 0.717) is 5.56 Å². The van der Waals surface area contributed by atoms with E-state index in [1.54, 1.807) is 13.1 Å². The molecule has 0 amide bonds. The Labute approximate surface area is 107 Å². The molecule has 1 heterocycles. The number of hydrogen-bond donors (Lipinski definition) is 1. The van der Waals surface area contributed by atoms with Crippen LogP contribution in [0.3, 0.4) is 0 Å². The normalized spacial score (nSPS) is 22.6. The zero-order chi connectivity index (χ0) is 13.1. The predicted molar refractivity (Wildman–Crippen MR) is 71.4 cm³/mol. The van der Waals surface area contributed by atoms with Crippen LogP contribution in [0, 0.1) is 25.2 Å². The van der Waals surface area contributed by atoms with Crippen molar-refractivity contribution in [2.75, 3.05) is 13.1 Å². The topological polar surface area (TPSA) is 15.3 Å². The third-order valence-corrected chi connectivity index (χ3v) is 3.44. The molecule has 0 aromatic heterocycles. The Morgan fingerprint density at radius 1 is 1.56 bits per heavy atom. The first kappa shape index (κ1) is 12.5. The number of terminal acetylenes is 1. The zero-order valence-corrected chi connectivity index (χ0v) is 10.5. The lowest BCUT2D eigenvalue weighted by Gasteiger charge is -2.19. The molecule has 1 saturated heterocycles. The predicted octanol–water partition coefficient (Wildman–Crippen LogP) is 2.23. The number of nitrogens with one attached hydrogen (secondary N) is 1. The molecule has 3 heteroatoms. The van der Waals surface area contributed by atoms with Gasteiger partial charge in [-0.25, -0.2) is 4.39 Å². The SMILES string of the molecule is C#CN1CC(NC=C)C(c2ccc(F)c(C)c2)C1. The number of hydrogen-bond acceptors (Lipinski definition) is 2. The first-order valence-corrected chi connectivity index (χ1v) is 6.00. The fourth-order valence-electron chi connectivity index (χ4n) is 2.47. The fourth-order valence-corrected chi connectivity index (χ4v) is 2.47. The summed E-state index contributed by atoms with van der Waals surface area (Å²) in [7, 11) is 0. The lowest BCUT2D eigenvalue weighted by molar-refractivity contribution is 0.477. The molecule has 0 bridgehead atoms. The molecule has 0 aliphatic carbocycles. The summed E-state index contributed by atoms with van der Waals surface area (Å²) in [6, 6.07) is 8.15. The molecule has 1 aromatic carbocycles. The Balaban J connectivity index is 2.26. The zero-order valence-electron chi connectivity index (χ0n) is 10.5. The summed E-state index contributed by atoms with van der Waals surface area (Å²) in [6.45, 7) is 7.04. The van der Waals surface area contributed by atoms with E-state index in [1.807, 2.05) is 17.0 Å². The minimum atomic E-state index is -0.168. The van der Waals surface area contributed by atoms with Crippen molar-refractivity contribution < 1.29 is 4.39 Å². The Kier molecular flexibility index (Phi) is 3.57. The molecular formula is C15H17FN2. The summed E-state index contributed by atoms with van der Waals surface area (Å²) in [5.41, 5.74) is 1.79. The van der Waals surface area contributed by atoms with Crippen molar-refractivity contribution in [3.8, 4) is 12.5 Å². The molecule has 1 fully saturated rings. The van der Waals surface area contributed by atoms with Gasteiger partial charge >= 0.3 is 0 Å². The molecule has 1 N–H and O–H groups in total. The van der Waals surface area contributed by atoms with Gasteiger partial charge in [-0.3, -0.25) is 0 Å². The van der Waals surface area contributed by atoms with Crippen LogP contribution in [0.5, 0.6) is 0 Å². The van der Waals surface area contributed by atoms with Gasteiger partial charge in [-0.15, -0.1) is 0 Å². The Bertz CT molecular complexity index is 490. The van der Waals surface area contributed by atoms with Crippen molar-refractivity contribution in [3.05, 3.63) is 47.9 Å². The van der Waals surface area contributed by atoms with Gasteiger partial charge in [0.1, 0.15) is 5.82 Å². The number of halogens is 1. The van der Waals surface area contributed by atoms with Gasteiger partial charge in [-0.2, -0.15) is 0 Å². The van der Waals surface area contributed by atoms with Crippen LogP contribution < -0.4 is 5.32 Å². The van der Waals surface area contributed by atoms with Crippen LogP contribution in [0.1, 0.15) is 17.0 Å². The van der Waals surface area contributed by atoms with E-state index in [2.05, 4.69) is 17.9 Å². The van der Waals surface area contributed by atoms with Crippen LogP contribution >= 0.6 is 0 Å². The molecule has 2 unspecified atom stereocenters. The molecular weight excluding hydrogens is 227 g/mol. The number of benzene rings is 1. The van der Waals surface area contributed by atoms with Crippen LogP contribution in [0.4, 0.5) is 4.39 Å². The highest BCUT2D eigenvalue weighted by atomic mass is 19.1. The van der Waals surface area contributed by atoms with E-state index >= 15 is 0 Å². The third kappa shape index (κ3) is 2.33. The van der Waals surface area contributed by atoms with E-state index in [0.717, 1.165) is 18.7 Å². The second-order valence-electron chi connectivity index (χ2n) is 4.63. The third-order valence-electron chi connectivity index (χ3n) is 3.44. The molecule has 94 valence electrons. The van der Waals surface area contributed by atoms with Crippen molar-refractivity contribution in [1.29, 1.82) is 0 Å². The minimum absolute atomic E-state index is 0.168. The molecule has 1 aromatic rings. The summed E-state index contributed by atoms with van der Waals surface area (Å²) in [5, 5.41) is 3.22. The molecule has 0 saturated carbocycles. The molecule has 2 nitrogen and oxygen atoms in total. The van der Waals surface area contributed by atoms with Gasteiger partial charge in [-0.05, 0) is 30.3 Å². The van der Waals surface area contributed by atoms with Crippen molar-refractivity contribution >= 4 is 0 Å². The van der Waals surface area contributed by atoms with Crippen LogP contribution in [-0.4, -0.2) is 24.0 Å². The summed E-state index contributed by atoms with van der Waals surface area (Å²) >= 11 is 0. The smallest absolute Gasteiger partial charge is 0.126 e. The maximum atomic E-state index is 13.3. The number of likely N-dealkylation sites (tertiary alicyclic amines) is 1. The highest BCUT2D eigenvalue weighted by molar-refractivity contribution is 5.30. The Morgan fingerprint density at radius 3 is 2.94 bits per heavy atom. The fraction of sp³-hybridized carbons (Fsp3) is 0.333. The molecule has 0 radical (unpaired) electrons. The number of aryl methyl sites for hydroxylation is 1. The maximum absolute atomic E-state index is 13.3. The van der Waals surface area contributed by atoms with Crippen LogP contribution in [0.25, 0.3) is 0 Å². The molecule has 1 aliphatic heterocycles. The van der Waals surface area contributed by atoms with Crippen molar-refractivity contribution in [1.82, 2.24) is 10.2 Å². The van der Waals surface area contributed by atoms with Crippen LogP contribution in [0.2, 0.25) is 0 Å². The van der Waals surface area contributed by atoms with E-state index < -0.39 is 0 Å². The van der Waals surface area contributed by atoms with Crippen LogP contribution in [-0.2, 0) is 0 Å². The quantitative estimate of drug-likeness (QED) is 0.820. The van der Waals surface area contributed by atoms with Gasteiger partial charge in [0.15, 0.2) is 0 Å². The highest BCUT2D eigenvalue weighted by Gasteiger charge is 2.32. The average Bonchev–Trinajstić information content (AvgIpc) is 2.76. The summed E-state index contributed by atoms with van der Waals surface area (Å²) in [5.74, 6) is 0.0946. The summed E-state index contributed by atoms with van der Waals surface area (Å²) in [4.78, 5) is 1.94. The second-order valence-corrected chi connectivity index (χ2v) is 4.63. The van der Waals surface area contributed by atoms with E-state index in [1.165, 1.54) is 6.07 Å². The Morgan fingerprint density at radius 2 is 2.33 bits per heavy atom. The highest BCUT2D eigenvalue weighted by Crippen LogP contribution is 2.28. The van der Waals surface area contributed by atoms with E-state index in [9.17, 15) is 4.39 Å². The first-order valence-electron chi connectivity index (χ1n) is 6.00. The molecule has 2 rings (SSSR count). The first-order chi connectivity index (χ1) is 8.65. The lowest BCUT2D eigenvalue weighted by Crippen LogP contribution is -2.31. The molecule has 0 spiro atoms. The van der Waals surface area contributed by atoms with Gasteiger partial charge < -0.3 is 10.2 Å².